The minimum absolute atomic E-state index is 0.118. The van der Waals surface area contributed by atoms with E-state index in [9.17, 15) is 4.79 Å². The fourth-order valence-corrected chi connectivity index (χ4v) is 3.28. The molecule has 164 valence electrons. The molecule has 0 saturated heterocycles. The van der Waals surface area contributed by atoms with Crippen molar-refractivity contribution in [3.63, 3.8) is 0 Å². The normalized spacial score (nSPS) is 11.0. The Morgan fingerprint density at radius 3 is 2.62 bits per heavy atom. The number of nitrogens with zero attached hydrogens (tertiary/aromatic N) is 5. The molecule has 0 radical (unpaired) electrons. The van der Waals surface area contributed by atoms with Crippen molar-refractivity contribution in [3.8, 4) is 6.01 Å². The van der Waals surface area contributed by atoms with E-state index in [1.165, 1.54) is 0 Å². The summed E-state index contributed by atoms with van der Waals surface area (Å²) in [4.78, 5) is 30.8. The van der Waals surface area contributed by atoms with Gasteiger partial charge in [0.25, 0.3) is 0 Å². The molecule has 0 fully saturated rings. The summed E-state index contributed by atoms with van der Waals surface area (Å²) in [5.74, 6) is 6.26. The molecule has 0 saturated carbocycles. The molecule has 9 nitrogen and oxygen atoms in total. The van der Waals surface area contributed by atoms with Gasteiger partial charge in [-0.3, -0.25) is 9.55 Å². The number of pyridine rings is 1. The molecule has 32 heavy (non-hydrogen) atoms. The van der Waals surface area contributed by atoms with Gasteiger partial charge in [0.15, 0.2) is 17.0 Å². The largest absolute Gasteiger partial charge is 0.388 e. The Hall–Kier alpha value is -3.85. The molecule has 3 N–H and O–H groups in total. The van der Waals surface area contributed by atoms with Gasteiger partial charge >= 0.3 is 12.0 Å². The molecule has 4 aromatic rings. The monoisotopic (exact) mass is 431 g/mol. The minimum atomic E-state index is -0.509. The van der Waals surface area contributed by atoms with Gasteiger partial charge in [0.2, 0.25) is 0 Å². The first kappa shape index (κ1) is 21.4. The number of fused-ring (bicyclic) bond motifs is 1. The summed E-state index contributed by atoms with van der Waals surface area (Å²) >= 11 is 0. The van der Waals surface area contributed by atoms with Crippen LogP contribution in [0.15, 0.2) is 48.7 Å². The van der Waals surface area contributed by atoms with Gasteiger partial charge in [0, 0.05) is 18.3 Å². The highest BCUT2D eigenvalue weighted by molar-refractivity contribution is 5.91. The number of anilines is 1. The molecular weight excluding hydrogens is 406 g/mol. The maximum Gasteiger partial charge on any atom is 0.345 e. The van der Waals surface area contributed by atoms with Crippen LogP contribution in [0.1, 0.15) is 47.2 Å². The van der Waals surface area contributed by atoms with Crippen LogP contribution in [-0.4, -0.2) is 30.5 Å². The molecule has 4 rings (SSSR count). The summed E-state index contributed by atoms with van der Waals surface area (Å²) in [5, 5.41) is 0. The highest BCUT2D eigenvalue weighted by atomic mass is 16.5. The van der Waals surface area contributed by atoms with Crippen molar-refractivity contribution in [2.24, 2.45) is 5.84 Å². The highest BCUT2D eigenvalue weighted by Gasteiger charge is 2.21. The fourth-order valence-electron chi connectivity index (χ4n) is 3.28. The second kappa shape index (κ2) is 9.52. The van der Waals surface area contributed by atoms with Gasteiger partial charge in [0.05, 0.1) is 12.1 Å². The quantitative estimate of drug-likeness (QED) is 0.247. The lowest BCUT2D eigenvalue weighted by molar-refractivity contribution is 0.0714. The van der Waals surface area contributed by atoms with Crippen LogP contribution in [0.25, 0.3) is 11.2 Å². The van der Waals surface area contributed by atoms with Gasteiger partial charge < -0.3 is 10.2 Å². The first-order chi connectivity index (χ1) is 15.6. The van der Waals surface area contributed by atoms with Crippen molar-refractivity contribution >= 4 is 23.0 Å². The van der Waals surface area contributed by atoms with E-state index in [1.807, 2.05) is 25.1 Å². The molecule has 1 aromatic carbocycles. The molecule has 0 spiro atoms. The number of hydrazine groups is 1. The van der Waals surface area contributed by atoms with E-state index in [4.69, 9.17) is 15.6 Å². The van der Waals surface area contributed by atoms with E-state index >= 15 is 0 Å². The van der Waals surface area contributed by atoms with Crippen LogP contribution >= 0.6 is 0 Å². The maximum absolute atomic E-state index is 12.7. The Balaban J connectivity index is 1.81. The lowest BCUT2D eigenvalue weighted by Gasteiger charge is -2.10. The number of carbonyl (C=O) groups excluding carboxylic acids is 1. The molecule has 0 amide bonds. The van der Waals surface area contributed by atoms with Gasteiger partial charge in [-0.15, -0.1) is 0 Å². The first-order valence-electron chi connectivity index (χ1n) is 10.5. The molecule has 0 bridgehead atoms. The number of esters is 1. The van der Waals surface area contributed by atoms with Crippen molar-refractivity contribution in [2.75, 3.05) is 5.43 Å². The van der Waals surface area contributed by atoms with Crippen molar-refractivity contribution < 1.29 is 9.53 Å². The van der Waals surface area contributed by atoms with Crippen molar-refractivity contribution in [2.45, 2.75) is 39.7 Å². The second-order valence-electron chi connectivity index (χ2n) is 7.45. The number of rotatable bonds is 8. The molecule has 3 aromatic heterocycles. The zero-order valence-electron chi connectivity index (χ0n) is 18.1. The SMILES string of the molecule is CCCCc1nc(NN)c2nc(OC(=O)c3ccccc3)n(Cc3ccc(C)nc3)c2n1. The average molecular weight is 432 g/mol. The van der Waals surface area contributed by atoms with Gasteiger partial charge in [-0.25, -0.2) is 20.6 Å². The Kier molecular flexibility index (Phi) is 6.37. The molecule has 9 heteroatoms. The molecule has 0 aliphatic rings. The van der Waals surface area contributed by atoms with Gasteiger partial charge in [0.1, 0.15) is 5.82 Å². The summed E-state index contributed by atoms with van der Waals surface area (Å²) in [6, 6.07) is 12.8. The average Bonchev–Trinajstić information content (AvgIpc) is 3.15. The summed E-state index contributed by atoms with van der Waals surface area (Å²) in [6.45, 7) is 4.40. The van der Waals surface area contributed by atoms with Crippen LogP contribution < -0.4 is 16.0 Å². The van der Waals surface area contributed by atoms with Crippen molar-refractivity contribution in [1.82, 2.24) is 24.5 Å². The molecule has 0 atom stereocenters. The number of nitrogens with one attached hydrogen (secondary N) is 1. The van der Waals surface area contributed by atoms with E-state index in [2.05, 4.69) is 27.3 Å². The minimum Gasteiger partial charge on any atom is -0.388 e. The molecule has 0 unspecified atom stereocenters. The molecule has 0 aliphatic carbocycles. The number of aryl methyl sites for hydroxylation is 2. The maximum atomic E-state index is 12.7. The van der Waals surface area contributed by atoms with E-state index in [0.29, 0.717) is 41.3 Å². The molecule has 3 heterocycles. The summed E-state index contributed by atoms with van der Waals surface area (Å²) in [5.41, 5.74) is 5.84. The van der Waals surface area contributed by atoms with E-state index < -0.39 is 5.97 Å². The number of aromatic nitrogens is 5. The summed E-state index contributed by atoms with van der Waals surface area (Å²) in [7, 11) is 0. The third-order valence-corrected chi connectivity index (χ3v) is 5.00. The Bertz CT molecular complexity index is 1220. The van der Waals surface area contributed by atoms with E-state index in [0.717, 1.165) is 24.1 Å². The number of carbonyl (C=O) groups is 1. The third kappa shape index (κ3) is 4.57. The number of nitrogens with two attached hydrogens (primary N) is 1. The zero-order valence-corrected chi connectivity index (χ0v) is 18.1. The van der Waals surface area contributed by atoms with Gasteiger partial charge in [-0.1, -0.05) is 37.6 Å². The topological polar surface area (TPSA) is 121 Å². The Labute approximate surface area is 185 Å². The van der Waals surface area contributed by atoms with Crippen LogP contribution in [0.4, 0.5) is 5.82 Å². The zero-order chi connectivity index (χ0) is 22.5. The first-order valence-corrected chi connectivity index (χ1v) is 10.5. The predicted molar refractivity (Wildman–Crippen MR) is 121 cm³/mol. The number of nitrogen functional groups attached to an aromatic ring is 1. The fraction of sp³-hybridized carbons (Fsp3) is 0.261. The molecular formula is C23H25N7O2. The number of ether oxygens (including phenoxy) is 1. The van der Waals surface area contributed by atoms with Crippen LogP contribution in [0.5, 0.6) is 6.01 Å². The Morgan fingerprint density at radius 1 is 1.12 bits per heavy atom. The third-order valence-electron chi connectivity index (χ3n) is 5.00. The summed E-state index contributed by atoms with van der Waals surface area (Å²) in [6.07, 6.45) is 4.45. The van der Waals surface area contributed by atoms with E-state index in [-0.39, 0.29) is 6.01 Å². The van der Waals surface area contributed by atoms with Crippen molar-refractivity contribution in [3.05, 3.63) is 71.3 Å². The summed E-state index contributed by atoms with van der Waals surface area (Å²) < 4.78 is 7.44. The van der Waals surface area contributed by atoms with Crippen LogP contribution in [0.2, 0.25) is 0 Å². The van der Waals surface area contributed by atoms with Crippen LogP contribution in [0.3, 0.4) is 0 Å². The number of hydrogen-bond donors (Lipinski definition) is 2. The van der Waals surface area contributed by atoms with Gasteiger partial charge in [-0.2, -0.15) is 4.98 Å². The van der Waals surface area contributed by atoms with Crippen LogP contribution in [-0.2, 0) is 13.0 Å². The van der Waals surface area contributed by atoms with Crippen LogP contribution in [0, 0.1) is 6.92 Å². The number of benzene rings is 1. The number of hydrogen-bond acceptors (Lipinski definition) is 8. The molecule has 0 aliphatic heterocycles. The van der Waals surface area contributed by atoms with Crippen molar-refractivity contribution in [1.29, 1.82) is 0 Å². The smallest absolute Gasteiger partial charge is 0.345 e. The van der Waals surface area contributed by atoms with E-state index in [1.54, 1.807) is 35.0 Å². The lowest BCUT2D eigenvalue weighted by Crippen LogP contribution is -2.13. The number of unbranched alkanes of at least 4 members (excludes halogenated alkanes) is 1. The lowest BCUT2D eigenvalue weighted by atomic mass is 10.2. The predicted octanol–water partition coefficient (Wildman–Crippen LogP) is 3.43. The Morgan fingerprint density at radius 2 is 1.94 bits per heavy atom. The highest BCUT2D eigenvalue weighted by Crippen LogP contribution is 2.27. The standard InChI is InChI=1S/C23H25N7O2/c1-3-4-10-18-26-20(29-24)19-21(27-18)30(14-16-12-11-15(2)25-13-16)23(28-19)32-22(31)17-8-6-5-7-9-17/h5-9,11-13H,3-4,10,14,24H2,1-2H3,(H,26,27,29). The number of imidazole rings is 1. The van der Waals surface area contributed by atoms with Gasteiger partial charge in [-0.05, 0) is 37.1 Å². The second-order valence-corrected chi connectivity index (χ2v) is 7.45.